The standard InChI is InChI=1S/C37H37N3.2CH3.Zr/c1-26(2)31-22-14-23-32(27(3)4)37(31)38-25-30-19-13-24-35(39-30)33-20-11-12-21-34(33)36(28-15-7-5-8-16-28)40-29-17-9-6-10-18-29;;;/h5-24,26-27,36H,25H2,1-4H3;2*1H3;/q-2;2*-1;+3. The zero-order valence-corrected chi connectivity index (χ0v) is 28.8. The van der Waals surface area contributed by atoms with E-state index in [1.165, 1.54) is 11.1 Å². The Balaban J connectivity index is 0.00000215. The first kappa shape index (κ1) is 35.7. The van der Waals surface area contributed by atoms with Crippen LogP contribution < -0.4 is 0 Å². The Morgan fingerprint density at radius 3 is 1.74 bits per heavy atom. The van der Waals surface area contributed by atoms with E-state index in [1.807, 2.05) is 24.3 Å². The third-order valence-corrected chi connectivity index (χ3v) is 7.23. The zero-order valence-electron chi connectivity index (χ0n) is 26.3. The van der Waals surface area contributed by atoms with Crippen molar-refractivity contribution in [3.63, 3.8) is 0 Å². The van der Waals surface area contributed by atoms with E-state index in [-0.39, 0.29) is 47.1 Å². The molecular formula is C39H43N3Zr-. The molecule has 0 amide bonds. The quantitative estimate of drug-likeness (QED) is 0.139. The average Bonchev–Trinajstić information content (AvgIpc) is 2.99. The maximum atomic E-state index is 5.19. The molecule has 0 aliphatic carbocycles. The summed E-state index contributed by atoms with van der Waals surface area (Å²) >= 11 is 0. The fourth-order valence-electron chi connectivity index (χ4n) is 5.16. The van der Waals surface area contributed by atoms with E-state index in [2.05, 4.69) is 125 Å². The van der Waals surface area contributed by atoms with E-state index >= 15 is 0 Å². The summed E-state index contributed by atoms with van der Waals surface area (Å²) in [6.07, 6.45) is 0. The second kappa shape index (κ2) is 17.0. The Labute approximate surface area is 279 Å². The molecule has 4 aromatic carbocycles. The molecule has 1 aromatic heterocycles. The Hall–Kier alpha value is -3.49. The molecule has 0 saturated carbocycles. The monoisotopic (exact) mass is 643 g/mol. The van der Waals surface area contributed by atoms with Crippen LogP contribution >= 0.6 is 0 Å². The molecular weight excluding hydrogens is 602 g/mol. The molecule has 5 aromatic rings. The van der Waals surface area contributed by atoms with E-state index in [1.54, 1.807) is 0 Å². The van der Waals surface area contributed by atoms with Crippen LogP contribution in [0.5, 0.6) is 0 Å². The summed E-state index contributed by atoms with van der Waals surface area (Å²) in [4.78, 5) is 5.12. The minimum absolute atomic E-state index is 0. The molecule has 219 valence electrons. The summed E-state index contributed by atoms with van der Waals surface area (Å²) in [7, 11) is 0. The van der Waals surface area contributed by atoms with Crippen molar-refractivity contribution < 1.29 is 26.2 Å². The number of hydrogen-bond donors (Lipinski definition) is 0. The number of hydrogen-bond acceptors (Lipinski definition) is 1. The largest absolute Gasteiger partial charge is 3.00 e. The van der Waals surface area contributed by atoms with Crippen LogP contribution in [-0.2, 0) is 32.7 Å². The maximum absolute atomic E-state index is 5.19. The molecule has 3 nitrogen and oxygen atoms in total. The van der Waals surface area contributed by atoms with Crippen molar-refractivity contribution in [1.82, 2.24) is 4.98 Å². The van der Waals surface area contributed by atoms with E-state index in [0.29, 0.717) is 18.4 Å². The molecule has 5 rings (SSSR count). The van der Waals surface area contributed by atoms with Gasteiger partial charge in [0.25, 0.3) is 0 Å². The molecule has 0 N–H and O–H groups in total. The van der Waals surface area contributed by atoms with Crippen molar-refractivity contribution in [2.24, 2.45) is 0 Å². The first-order valence-electron chi connectivity index (χ1n) is 14.2. The van der Waals surface area contributed by atoms with Crippen molar-refractivity contribution in [1.29, 1.82) is 0 Å². The summed E-state index contributed by atoms with van der Waals surface area (Å²) in [6.45, 7) is 9.47. The van der Waals surface area contributed by atoms with Gasteiger partial charge in [-0.15, -0.1) is 11.4 Å². The number of para-hydroxylation sites is 2. The predicted molar refractivity (Wildman–Crippen MR) is 182 cm³/mol. The molecule has 0 saturated heterocycles. The smallest absolute Gasteiger partial charge is 0.679 e. The van der Waals surface area contributed by atoms with E-state index in [0.717, 1.165) is 39.5 Å². The Bertz CT molecular complexity index is 1500. The number of pyridine rings is 1. The summed E-state index contributed by atoms with van der Waals surface area (Å²) in [5.74, 6) is 0.818. The van der Waals surface area contributed by atoms with Gasteiger partial charge in [0.05, 0.1) is 5.69 Å². The van der Waals surface area contributed by atoms with Crippen LogP contribution in [0.25, 0.3) is 21.9 Å². The Kier molecular flexibility index (Phi) is 14.1. The van der Waals surface area contributed by atoms with Gasteiger partial charge in [0.1, 0.15) is 0 Å². The molecule has 1 heterocycles. The van der Waals surface area contributed by atoms with Crippen molar-refractivity contribution in [2.45, 2.75) is 52.1 Å². The minimum Gasteiger partial charge on any atom is -0.679 e. The van der Waals surface area contributed by atoms with Crippen LogP contribution in [-0.4, -0.2) is 4.98 Å². The van der Waals surface area contributed by atoms with Crippen LogP contribution in [0.3, 0.4) is 0 Å². The Morgan fingerprint density at radius 2 is 1.12 bits per heavy atom. The number of rotatable bonds is 10. The molecule has 43 heavy (non-hydrogen) atoms. The third kappa shape index (κ3) is 8.77. The summed E-state index contributed by atoms with van der Waals surface area (Å²) in [5.41, 5.74) is 9.92. The Morgan fingerprint density at radius 1 is 0.581 bits per heavy atom. The van der Waals surface area contributed by atoms with Gasteiger partial charge in [-0.3, -0.25) is 4.98 Å². The van der Waals surface area contributed by atoms with Gasteiger partial charge in [0, 0.05) is 11.3 Å². The number of aromatic nitrogens is 1. The molecule has 0 aliphatic rings. The molecule has 0 fully saturated rings. The minimum atomic E-state index is -0.151. The second-order valence-corrected chi connectivity index (χ2v) is 10.8. The van der Waals surface area contributed by atoms with Gasteiger partial charge in [0.2, 0.25) is 0 Å². The topological polar surface area (TPSA) is 41.1 Å². The van der Waals surface area contributed by atoms with E-state index in [4.69, 9.17) is 15.6 Å². The third-order valence-electron chi connectivity index (χ3n) is 7.23. The van der Waals surface area contributed by atoms with Crippen LogP contribution in [0.1, 0.15) is 73.5 Å². The SMILES string of the molecule is CC(C)c1cccc(C(C)C)c1[N-]Cc1cccc(-c2ccccc2C([N-]c2ccccc2)c2ccccc2)n1.[CH3-].[CH3-].[Zr+3]. The van der Waals surface area contributed by atoms with Crippen LogP contribution in [0, 0.1) is 14.9 Å². The van der Waals surface area contributed by atoms with Crippen molar-refractivity contribution >= 4 is 11.4 Å². The normalized spacial score (nSPS) is 11.1. The number of benzene rings is 4. The van der Waals surface area contributed by atoms with Crippen LogP contribution in [0.2, 0.25) is 0 Å². The second-order valence-electron chi connectivity index (χ2n) is 10.8. The summed E-state index contributed by atoms with van der Waals surface area (Å²) in [6, 6.07) is 41.9. The van der Waals surface area contributed by atoms with Gasteiger partial charge in [0.15, 0.2) is 0 Å². The molecule has 0 aliphatic heterocycles. The van der Waals surface area contributed by atoms with Gasteiger partial charge in [-0.2, -0.15) is 0 Å². The van der Waals surface area contributed by atoms with Gasteiger partial charge >= 0.3 is 26.2 Å². The summed E-state index contributed by atoms with van der Waals surface area (Å²) in [5, 5.41) is 10.3. The van der Waals surface area contributed by atoms with E-state index < -0.39 is 0 Å². The molecule has 4 heteroatoms. The summed E-state index contributed by atoms with van der Waals surface area (Å²) < 4.78 is 0. The van der Waals surface area contributed by atoms with Crippen LogP contribution in [0.15, 0.2) is 121 Å². The number of nitrogens with zero attached hydrogens (tertiary/aromatic N) is 3. The molecule has 0 spiro atoms. The maximum Gasteiger partial charge on any atom is 3.00 e. The fourth-order valence-corrected chi connectivity index (χ4v) is 5.16. The molecule has 1 unspecified atom stereocenters. The fraction of sp³-hybridized carbons (Fsp3) is 0.205. The molecule has 0 bridgehead atoms. The molecule has 1 atom stereocenters. The average molecular weight is 645 g/mol. The van der Waals surface area contributed by atoms with Crippen molar-refractivity contribution in [3.05, 3.63) is 175 Å². The first-order chi connectivity index (χ1) is 19.5. The molecule has 1 radical (unpaired) electrons. The van der Waals surface area contributed by atoms with Gasteiger partial charge in [-0.1, -0.05) is 166 Å². The van der Waals surface area contributed by atoms with Crippen molar-refractivity contribution in [2.75, 3.05) is 0 Å². The van der Waals surface area contributed by atoms with Gasteiger partial charge in [-0.25, -0.2) is 0 Å². The van der Waals surface area contributed by atoms with Gasteiger partial charge < -0.3 is 25.5 Å². The first-order valence-corrected chi connectivity index (χ1v) is 14.2. The van der Waals surface area contributed by atoms with E-state index in [9.17, 15) is 0 Å². The van der Waals surface area contributed by atoms with Gasteiger partial charge in [-0.05, 0) is 29.5 Å². The van der Waals surface area contributed by atoms with Crippen molar-refractivity contribution in [3.8, 4) is 11.3 Å². The zero-order chi connectivity index (χ0) is 27.9. The predicted octanol–water partition coefficient (Wildman–Crippen LogP) is 11.9. The van der Waals surface area contributed by atoms with Crippen LogP contribution in [0.4, 0.5) is 11.4 Å².